The molecule has 0 N–H and O–H groups in total. The highest BCUT2D eigenvalue weighted by Crippen LogP contribution is 2.32. The number of hydrogen-bond donors (Lipinski definition) is 0. The summed E-state index contributed by atoms with van der Waals surface area (Å²) in [5, 5.41) is 0. The number of alkyl halides is 2. The van der Waals surface area contributed by atoms with Crippen LogP contribution in [0.3, 0.4) is 0 Å². The fraction of sp³-hybridized carbons (Fsp3) is 0.900. The zero-order chi connectivity index (χ0) is 18.5. The molecule has 0 bridgehead atoms. The topological polar surface area (TPSA) is 6.48 Å². The van der Waals surface area contributed by atoms with Crippen LogP contribution in [0, 0.1) is 11.8 Å². The van der Waals surface area contributed by atoms with Crippen LogP contribution in [-0.4, -0.2) is 54.0 Å². The van der Waals surface area contributed by atoms with Crippen LogP contribution in [0.2, 0.25) is 0 Å². The smallest absolute Gasteiger partial charge is 0.263 e. The van der Waals surface area contributed by atoms with Gasteiger partial charge in [0.1, 0.15) is 0 Å². The first kappa shape index (κ1) is 21.6. The molecule has 1 unspecified atom stereocenters. The molecule has 0 saturated carbocycles. The molecular weight excluding hydrogens is 306 g/mol. The first-order valence-electron chi connectivity index (χ1n) is 9.59. The van der Waals surface area contributed by atoms with Gasteiger partial charge < -0.3 is 0 Å². The summed E-state index contributed by atoms with van der Waals surface area (Å²) in [7, 11) is 0. The number of piperidine rings is 1. The molecule has 1 atom stereocenters. The van der Waals surface area contributed by atoms with E-state index in [1.54, 1.807) is 12.5 Å². The Hall–Kier alpha value is -0.480. The van der Waals surface area contributed by atoms with Gasteiger partial charge in [-0.15, -0.1) is 0 Å². The SMILES string of the molecule is CC(C)C1=CCN(C(C)C)CC1.CC(C)N1CCC(C)C(F)(F)C1. The van der Waals surface area contributed by atoms with Crippen molar-refractivity contribution < 1.29 is 8.78 Å². The van der Waals surface area contributed by atoms with Crippen molar-refractivity contribution in [1.82, 2.24) is 9.80 Å². The molecule has 0 aromatic heterocycles. The lowest BCUT2D eigenvalue weighted by Gasteiger charge is -2.38. The predicted molar refractivity (Wildman–Crippen MR) is 99.7 cm³/mol. The summed E-state index contributed by atoms with van der Waals surface area (Å²) < 4.78 is 26.3. The minimum absolute atomic E-state index is 0.0637. The molecule has 2 aliphatic rings. The first-order valence-corrected chi connectivity index (χ1v) is 9.59. The van der Waals surface area contributed by atoms with Crippen LogP contribution in [0.25, 0.3) is 0 Å². The van der Waals surface area contributed by atoms with E-state index in [9.17, 15) is 8.78 Å². The lowest BCUT2D eigenvalue weighted by atomic mass is 9.94. The number of nitrogens with zero attached hydrogens (tertiary/aromatic N) is 2. The lowest BCUT2D eigenvalue weighted by molar-refractivity contribution is -0.110. The van der Waals surface area contributed by atoms with Gasteiger partial charge in [0.25, 0.3) is 5.92 Å². The average Bonchev–Trinajstić information content (AvgIpc) is 2.50. The summed E-state index contributed by atoms with van der Waals surface area (Å²) in [6.07, 6.45) is 4.30. The number of likely N-dealkylation sites (tertiary alicyclic amines) is 1. The molecule has 24 heavy (non-hydrogen) atoms. The molecule has 4 heteroatoms. The zero-order valence-electron chi connectivity index (χ0n) is 16.8. The molecule has 2 aliphatic heterocycles. The molecule has 0 aromatic carbocycles. The van der Waals surface area contributed by atoms with Crippen molar-refractivity contribution in [2.45, 2.75) is 79.3 Å². The van der Waals surface area contributed by atoms with Crippen LogP contribution in [0.5, 0.6) is 0 Å². The third kappa shape index (κ3) is 6.44. The van der Waals surface area contributed by atoms with E-state index < -0.39 is 11.8 Å². The van der Waals surface area contributed by atoms with Gasteiger partial charge in [0.15, 0.2) is 0 Å². The molecule has 0 amide bonds. The summed E-state index contributed by atoms with van der Waals surface area (Å²) in [4.78, 5) is 4.37. The molecule has 1 fully saturated rings. The normalized spacial score (nSPS) is 25.7. The van der Waals surface area contributed by atoms with E-state index in [1.807, 2.05) is 18.7 Å². The van der Waals surface area contributed by atoms with Crippen molar-refractivity contribution in [3.8, 4) is 0 Å². The second-order valence-electron chi connectivity index (χ2n) is 8.29. The van der Waals surface area contributed by atoms with Gasteiger partial charge in [0.05, 0.1) is 6.54 Å². The van der Waals surface area contributed by atoms with Crippen molar-refractivity contribution in [2.24, 2.45) is 11.8 Å². The van der Waals surface area contributed by atoms with E-state index >= 15 is 0 Å². The van der Waals surface area contributed by atoms with Gasteiger partial charge in [-0.05, 0) is 53.0 Å². The maximum Gasteiger partial charge on any atom is 0.263 e. The lowest BCUT2D eigenvalue weighted by Crippen LogP contribution is -2.49. The van der Waals surface area contributed by atoms with Gasteiger partial charge in [-0.25, -0.2) is 8.78 Å². The molecule has 0 aliphatic carbocycles. The van der Waals surface area contributed by atoms with Crippen LogP contribution in [0.1, 0.15) is 61.3 Å². The van der Waals surface area contributed by atoms with Crippen LogP contribution in [0.15, 0.2) is 11.6 Å². The second-order valence-corrected chi connectivity index (χ2v) is 8.29. The van der Waals surface area contributed by atoms with Gasteiger partial charge in [0.2, 0.25) is 0 Å². The second kappa shape index (κ2) is 9.28. The molecule has 0 radical (unpaired) electrons. The van der Waals surface area contributed by atoms with Crippen molar-refractivity contribution >= 4 is 0 Å². The standard InChI is InChI=1S/C11H21N.C9H17F2N/c1-9(2)11-5-7-12(8-6-11)10(3)4;1-7(2)12-5-4-8(3)9(10,11)6-12/h5,9-10H,6-8H2,1-4H3;7-8H,4-6H2,1-3H3. The first-order chi connectivity index (χ1) is 11.0. The van der Waals surface area contributed by atoms with E-state index in [4.69, 9.17) is 0 Å². The van der Waals surface area contributed by atoms with E-state index in [2.05, 4.69) is 38.7 Å². The zero-order valence-corrected chi connectivity index (χ0v) is 16.8. The van der Waals surface area contributed by atoms with Crippen LogP contribution >= 0.6 is 0 Å². The summed E-state index contributed by atoms with van der Waals surface area (Å²) >= 11 is 0. The number of rotatable bonds is 3. The average molecular weight is 345 g/mol. The monoisotopic (exact) mass is 344 g/mol. The third-order valence-electron chi connectivity index (χ3n) is 5.46. The number of hydrogen-bond acceptors (Lipinski definition) is 2. The van der Waals surface area contributed by atoms with Crippen molar-refractivity contribution in [1.29, 1.82) is 0 Å². The molecule has 1 saturated heterocycles. The quantitative estimate of drug-likeness (QED) is 0.661. The summed E-state index contributed by atoms with van der Waals surface area (Å²) in [5.41, 5.74) is 1.65. The van der Waals surface area contributed by atoms with Gasteiger partial charge in [-0.1, -0.05) is 32.4 Å². The molecule has 2 heterocycles. The molecule has 0 spiro atoms. The van der Waals surface area contributed by atoms with Crippen molar-refractivity contribution in [3.63, 3.8) is 0 Å². The summed E-state index contributed by atoms with van der Waals surface area (Å²) in [6.45, 7) is 17.8. The van der Waals surface area contributed by atoms with E-state index in [0.29, 0.717) is 12.5 Å². The van der Waals surface area contributed by atoms with Gasteiger partial charge in [0, 0.05) is 31.1 Å². The van der Waals surface area contributed by atoms with Crippen LogP contribution < -0.4 is 0 Å². The predicted octanol–water partition coefficient (Wildman–Crippen LogP) is 5.05. The largest absolute Gasteiger partial charge is 0.297 e. The Morgan fingerprint density at radius 1 is 1.00 bits per heavy atom. The maximum absolute atomic E-state index is 13.2. The minimum atomic E-state index is -2.48. The number of halogens is 2. The molecule has 0 aromatic rings. The highest BCUT2D eigenvalue weighted by atomic mass is 19.3. The van der Waals surface area contributed by atoms with Gasteiger partial charge in [-0.3, -0.25) is 9.80 Å². The Balaban J connectivity index is 0.000000240. The van der Waals surface area contributed by atoms with Crippen LogP contribution in [0.4, 0.5) is 8.78 Å². The third-order valence-corrected chi connectivity index (χ3v) is 5.46. The van der Waals surface area contributed by atoms with Gasteiger partial charge in [-0.2, -0.15) is 0 Å². The minimum Gasteiger partial charge on any atom is -0.297 e. The molecule has 2 rings (SSSR count). The molecule has 142 valence electrons. The highest BCUT2D eigenvalue weighted by Gasteiger charge is 2.42. The molecular formula is C20H38F2N2. The van der Waals surface area contributed by atoms with Gasteiger partial charge >= 0.3 is 0 Å². The summed E-state index contributed by atoms with van der Waals surface area (Å²) in [5.74, 6) is -2.19. The van der Waals surface area contributed by atoms with Crippen molar-refractivity contribution in [2.75, 3.05) is 26.2 Å². The Morgan fingerprint density at radius 3 is 1.96 bits per heavy atom. The Kier molecular flexibility index (Phi) is 8.34. The Morgan fingerprint density at radius 2 is 1.58 bits per heavy atom. The fourth-order valence-electron chi connectivity index (χ4n) is 3.21. The highest BCUT2D eigenvalue weighted by molar-refractivity contribution is 5.09. The summed E-state index contributed by atoms with van der Waals surface area (Å²) in [6, 6.07) is 0.943. The van der Waals surface area contributed by atoms with E-state index in [1.165, 1.54) is 13.0 Å². The van der Waals surface area contributed by atoms with Crippen LogP contribution in [-0.2, 0) is 0 Å². The Bertz CT molecular complexity index is 402. The Labute approximate surface area is 148 Å². The molecule has 2 nitrogen and oxygen atoms in total. The van der Waals surface area contributed by atoms with E-state index in [-0.39, 0.29) is 12.6 Å². The van der Waals surface area contributed by atoms with Crippen molar-refractivity contribution in [3.05, 3.63) is 11.6 Å². The fourth-order valence-corrected chi connectivity index (χ4v) is 3.21. The maximum atomic E-state index is 13.2. The van der Waals surface area contributed by atoms with E-state index in [0.717, 1.165) is 19.0 Å².